The Balaban J connectivity index is 0.000000956. The number of aromatic carboxylic acids is 1. The van der Waals surface area contributed by atoms with Gasteiger partial charge < -0.3 is 9.84 Å². The van der Waals surface area contributed by atoms with Crippen molar-refractivity contribution in [2.24, 2.45) is 0 Å². The summed E-state index contributed by atoms with van der Waals surface area (Å²) in [7, 11) is 0. The highest BCUT2D eigenvalue weighted by molar-refractivity contribution is 5.90. The smallest absolute Gasteiger partial charge is 0.339 e. The molecular weight excluding hydrogens is 252 g/mol. The Morgan fingerprint density at radius 1 is 1.10 bits per heavy atom. The minimum Gasteiger partial charge on any atom is -0.488 e. The fraction of sp³-hybridized carbons (Fsp3) is 0.235. The first-order valence-corrected chi connectivity index (χ1v) is 6.67. The number of aryl methyl sites for hydroxylation is 1. The van der Waals surface area contributed by atoms with Crippen molar-refractivity contribution in [2.45, 2.75) is 27.4 Å². The second-order valence-corrected chi connectivity index (χ2v) is 4.08. The number of benzene rings is 2. The molecule has 0 aliphatic heterocycles. The van der Waals surface area contributed by atoms with E-state index >= 15 is 0 Å². The van der Waals surface area contributed by atoms with Crippen LogP contribution in [-0.4, -0.2) is 11.1 Å². The predicted octanol–water partition coefficient (Wildman–Crippen LogP) is 4.30. The molecule has 0 spiro atoms. The van der Waals surface area contributed by atoms with Crippen molar-refractivity contribution in [3.63, 3.8) is 0 Å². The fourth-order valence-corrected chi connectivity index (χ4v) is 1.66. The zero-order valence-electron chi connectivity index (χ0n) is 12.1. The summed E-state index contributed by atoms with van der Waals surface area (Å²) in [4.78, 5) is 11.1. The van der Waals surface area contributed by atoms with Crippen LogP contribution in [0.5, 0.6) is 5.75 Å². The fourth-order valence-electron chi connectivity index (χ4n) is 1.66. The molecule has 3 heteroatoms. The van der Waals surface area contributed by atoms with E-state index in [9.17, 15) is 4.79 Å². The SMILES string of the molecule is CC.Cc1ccc(C(=O)O)c(OCc2ccccc2)c1. The second-order valence-electron chi connectivity index (χ2n) is 4.08. The highest BCUT2D eigenvalue weighted by atomic mass is 16.5. The molecule has 0 fully saturated rings. The maximum atomic E-state index is 11.1. The van der Waals surface area contributed by atoms with Gasteiger partial charge in [-0.15, -0.1) is 0 Å². The Morgan fingerprint density at radius 3 is 2.35 bits per heavy atom. The third-order valence-electron chi connectivity index (χ3n) is 2.60. The van der Waals surface area contributed by atoms with Gasteiger partial charge in [0.25, 0.3) is 0 Å². The molecule has 0 aliphatic rings. The van der Waals surface area contributed by atoms with Crippen LogP contribution in [0.2, 0.25) is 0 Å². The van der Waals surface area contributed by atoms with Gasteiger partial charge in [0.15, 0.2) is 0 Å². The third-order valence-corrected chi connectivity index (χ3v) is 2.60. The van der Waals surface area contributed by atoms with Crippen LogP contribution in [-0.2, 0) is 6.61 Å². The molecule has 0 amide bonds. The molecule has 0 aromatic heterocycles. The predicted molar refractivity (Wildman–Crippen MR) is 80.3 cm³/mol. The van der Waals surface area contributed by atoms with Crippen LogP contribution < -0.4 is 4.74 Å². The molecule has 0 atom stereocenters. The highest BCUT2D eigenvalue weighted by Crippen LogP contribution is 2.21. The van der Waals surface area contributed by atoms with Crippen molar-refractivity contribution in [3.05, 3.63) is 65.2 Å². The molecule has 0 aliphatic carbocycles. The number of hydrogen-bond donors (Lipinski definition) is 1. The van der Waals surface area contributed by atoms with Crippen LogP contribution in [0, 0.1) is 6.92 Å². The van der Waals surface area contributed by atoms with Crippen LogP contribution in [0.15, 0.2) is 48.5 Å². The average Bonchev–Trinajstić information content (AvgIpc) is 2.48. The Bertz CT molecular complexity index is 547. The lowest BCUT2D eigenvalue weighted by atomic mass is 10.1. The van der Waals surface area contributed by atoms with Gasteiger partial charge in [0.2, 0.25) is 0 Å². The zero-order chi connectivity index (χ0) is 15.0. The number of hydrogen-bond acceptors (Lipinski definition) is 2. The maximum Gasteiger partial charge on any atom is 0.339 e. The zero-order valence-corrected chi connectivity index (χ0v) is 12.1. The van der Waals surface area contributed by atoms with Gasteiger partial charge >= 0.3 is 5.97 Å². The lowest BCUT2D eigenvalue weighted by molar-refractivity contribution is 0.0692. The van der Waals surface area contributed by atoms with Gasteiger partial charge in [0, 0.05) is 0 Å². The van der Waals surface area contributed by atoms with Crippen LogP contribution in [0.3, 0.4) is 0 Å². The Labute approximate surface area is 119 Å². The van der Waals surface area contributed by atoms with E-state index in [0.717, 1.165) is 11.1 Å². The number of carbonyl (C=O) groups is 1. The summed E-state index contributed by atoms with van der Waals surface area (Å²) in [6.07, 6.45) is 0. The summed E-state index contributed by atoms with van der Waals surface area (Å²) >= 11 is 0. The molecule has 0 radical (unpaired) electrons. The first-order chi connectivity index (χ1) is 9.66. The van der Waals surface area contributed by atoms with E-state index in [1.54, 1.807) is 18.2 Å². The standard InChI is InChI=1S/C15H14O3.C2H6/c1-11-7-8-13(15(16)17)14(9-11)18-10-12-5-3-2-4-6-12;1-2/h2-9H,10H2,1H3,(H,16,17);1-2H3. The maximum absolute atomic E-state index is 11.1. The molecule has 2 aromatic carbocycles. The summed E-state index contributed by atoms with van der Waals surface area (Å²) in [5.41, 5.74) is 2.18. The second kappa shape index (κ2) is 8.00. The summed E-state index contributed by atoms with van der Waals surface area (Å²) in [6.45, 7) is 6.27. The van der Waals surface area contributed by atoms with Crippen molar-refractivity contribution < 1.29 is 14.6 Å². The van der Waals surface area contributed by atoms with E-state index in [0.29, 0.717) is 12.4 Å². The van der Waals surface area contributed by atoms with Gasteiger partial charge in [-0.1, -0.05) is 50.2 Å². The monoisotopic (exact) mass is 272 g/mol. The highest BCUT2D eigenvalue weighted by Gasteiger charge is 2.11. The van der Waals surface area contributed by atoms with Crippen molar-refractivity contribution in [2.75, 3.05) is 0 Å². The van der Waals surface area contributed by atoms with Gasteiger partial charge in [-0.05, 0) is 30.2 Å². The topological polar surface area (TPSA) is 46.5 Å². The summed E-state index contributed by atoms with van der Waals surface area (Å²) in [6, 6.07) is 14.7. The normalized spacial score (nSPS) is 9.35. The Morgan fingerprint density at radius 2 is 1.75 bits per heavy atom. The van der Waals surface area contributed by atoms with Crippen LogP contribution >= 0.6 is 0 Å². The van der Waals surface area contributed by atoms with E-state index < -0.39 is 5.97 Å². The van der Waals surface area contributed by atoms with Crippen LogP contribution in [0.25, 0.3) is 0 Å². The van der Waals surface area contributed by atoms with E-state index in [4.69, 9.17) is 9.84 Å². The third kappa shape index (κ3) is 4.43. The molecule has 1 N–H and O–H groups in total. The minimum absolute atomic E-state index is 0.191. The molecule has 0 saturated heterocycles. The summed E-state index contributed by atoms with van der Waals surface area (Å²) in [5, 5.41) is 9.07. The number of ether oxygens (including phenoxy) is 1. The Hall–Kier alpha value is -2.29. The number of rotatable bonds is 4. The average molecular weight is 272 g/mol. The number of carboxylic acid groups (broad SMARTS) is 1. The van der Waals surface area contributed by atoms with Gasteiger partial charge in [0.05, 0.1) is 0 Å². The minimum atomic E-state index is -0.974. The molecule has 3 nitrogen and oxygen atoms in total. The van der Waals surface area contributed by atoms with E-state index in [1.807, 2.05) is 51.1 Å². The molecule has 0 heterocycles. The van der Waals surface area contributed by atoms with Gasteiger partial charge in [-0.2, -0.15) is 0 Å². The van der Waals surface area contributed by atoms with Gasteiger partial charge in [-0.25, -0.2) is 4.79 Å². The Kier molecular flexibility index (Phi) is 6.30. The first-order valence-electron chi connectivity index (χ1n) is 6.67. The number of carboxylic acids is 1. The van der Waals surface area contributed by atoms with Crippen molar-refractivity contribution >= 4 is 5.97 Å². The lowest BCUT2D eigenvalue weighted by Gasteiger charge is -2.10. The lowest BCUT2D eigenvalue weighted by Crippen LogP contribution is -2.03. The molecular formula is C17H20O3. The van der Waals surface area contributed by atoms with Crippen LogP contribution in [0.4, 0.5) is 0 Å². The molecule has 0 unspecified atom stereocenters. The molecule has 0 saturated carbocycles. The molecule has 106 valence electrons. The van der Waals surface area contributed by atoms with Crippen LogP contribution in [0.1, 0.15) is 35.3 Å². The van der Waals surface area contributed by atoms with Gasteiger partial charge in [0.1, 0.15) is 17.9 Å². The van der Waals surface area contributed by atoms with E-state index in [-0.39, 0.29) is 5.56 Å². The first kappa shape index (κ1) is 15.8. The quantitative estimate of drug-likeness (QED) is 0.902. The molecule has 2 rings (SSSR count). The molecule has 0 bridgehead atoms. The molecule has 20 heavy (non-hydrogen) atoms. The van der Waals surface area contributed by atoms with Crippen molar-refractivity contribution in [1.82, 2.24) is 0 Å². The summed E-state index contributed by atoms with van der Waals surface area (Å²) < 4.78 is 5.58. The largest absolute Gasteiger partial charge is 0.488 e. The van der Waals surface area contributed by atoms with Crippen molar-refractivity contribution in [1.29, 1.82) is 0 Å². The van der Waals surface area contributed by atoms with E-state index in [2.05, 4.69) is 0 Å². The van der Waals surface area contributed by atoms with Gasteiger partial charge in [-0.3, -0.25) is 0 Å². The van der Waals surface area contributed by atoms with Crippen molar-refractivity contribution in [3.8, 4) is 5.75 Å². The van der Waals surface area contributed by atoms with E-state index in [1.165, 1.54) is 0 Å². The summed E-state index contributed by atoms with van der Waals surface area (Å²) in [5.74, 6) is -0.565. The molecule has 2 aromatic rings.